The number of phenolic OH excluding ortho intramolecular Hbond substituents is 1. The molecule has 1 aromatic carbocycles. The number of nitrogens with one attached hydrogen (secondary N) is 1. The van der Waals surface area contributed by atoms with Crippen molar-refractivity contribution in [1.82, 2.24) is 24.5 Å². The molecule has 1 saturated heterocycles. The summed E-state index contributed by atoms with van der Waals surface area (Å²) in [4.78, 5) is 28.4. The topological polar surface area (TPSA) is 178 Å². The fourth-order valence-electron chi connectivity index (χ4n) is 3.98. The normalized spacial score (nSPS) is 23.5. The van der Waals surface area contributed by atoms with Crippen LogP contribution >= 0.6 is 15.9 Å². The maximum Gasteiger partial charge on any atom is 0.340 e. The average molecular weight is 551 g/mol. The zero-order valence-electron chi connectivity index (χ0n) is 17.6. The molecular formula is C20H19BrN6O6S. The number of carbonyl (C=O) groups is 1. The molecule has 0 amide bonds. The minimum atomic E-state index is -1.28. The lowest BCUT2D eigenvalue weighted by Crippen LogP contribution is -2.37. The summed E-state index contributed by atoms with van der Waals surface area (Å²) in [7, 11) is -1.28. The molecule has 5 rings (SSSR count). The molecule has 0 saturated carbocycles. The van der Waals surface area contributed by atoms with Crippen LogP contribution in [0.3, 0.4) is 0 Å². The van der Waals surface area contributed by atoms with E-state index in [1.165, 1.54) is 35.7 Å². The number of fused-ring (bicyclic) bond motifs is 2. The molecule has 34 heavy (non-hydrogen) atoms. The number of nitrogens with two attached hydrogens (primary N) is 1. The van der Waals surface area contributed by atoms with E-state index in [1.807, 2.05) is 0 Å². The van der Waals surface area contributed by atoms with Crippen molar-refractivity contribution in [2.75, 3.05) is 17.7 Å². The Labute approximate surface area is 202 Å². The van der Waals surface area contributed by atoms with Crippen molar-refractivity contribution in [3.8, 4) is 5.75 Å². The largest absolute Gasteiger partial charge is 0.507 e. The molecule has 0 spiro atoms. The summed E-state index contributed by atoms with van der Waals surface area (Å²) < 4.78 is 25.5. The lowest BCUT2D eigenvalue weighted by atomic mass is 10.1. The van der Waals surface area contributed by atoms with Gasteiger partial charge in [0.25, 0.3) is 0 Å². The van der Waals surface area contributed by atoms with Crippen LogP contribution in [-0.4, -0.2) is 75.2 Å². The summed E-state index contributed by atoms with van der Waals surface area (Å²) in [6.07, 6.45) is 1.27. The number of aromatic nitrogens is 5. The number of nitrogen functional groups attached to an aromatic ring is 1. The molecule has 178 valence electrons. The fourth-order valence-corrected chi connectivity index (χ4v) is 5.06. The van der Waals surface area contributed by atoms with E-state index in [0.29, 0.717) is 26.5 Å². The van der Waals surface area contributed by atoms with Crippen molar-refractivity contribution in [1.29, 1.82) is 0 Å². The number of rotatable bonds is 5. The Morgan fingerprint density at radius 1 is 1.38 bits per heavy atom. The number of aliphatic hydroxyl groups is 1. The minimum Gasteiger partial charge on any atom is -0.507 e. The molecule has 0 radical (unpaired) electrons. The molecule has 0 aliphatic carbocycles. The van der Waals surface area contributed by atoms with Crippen LogP contribution in [0, 0.1) is 0 Å². The maximum atomic E-state index is 13.1. The number of aliphatic hydroxyl groups excluding tert-OH is 1. The van der Waals surface area contributed by atoms with Gasteiger partial charge in [-0.2, -0.15) is 0 Å². The zero-order valence-corrected chi connectivity index (χ0v) is 20.0. The van der Waals surface area contributed by atoms with Gasteiger partial charge in [-0.05, 0) is 28.1 Å². The van der Waals surface area contributed by atoms with Crippen LogP contribution in [0.4, 0.5) is 5.82 Å². The minimum absolute atomic E-state index is 0.0322. The standard InChI is InChI=1S/C20H19BrN6O6S/c1-34(31)5-13-15(29)16(19(32-13)27-7-26-14-17(22)24-6-25-18(14)27)33-20(30)9-4-23-11-3-10(21)12(28)2-8(9)11/h2-4,6-7,13,15-16,19,23,28-29H,5H2,1H3,(H2,22,24,25)/t13-,15-,16-,19-,34-/m1/s1. The third kappa shape index (κ3) is 3.81. The summed E-state index contributed by atoms with van der Waals surface area (Å²) in [6.45, 7) is 0. The predicted molar refractivity (Wildman–Crippen MR) is 125 cm³/mol. The highest BCUT2D eigenvalue weighted by Gasteiger charge is 2.48. The highest BCUT2D eigenvalue weighted by Crippen LogP contribution is 2.36. The Morgan fingerprint density at radius 3 is 2.94 bits per heavy atom. The number of benzene rings is 1. The van der Waals surface area contributed by atoms with E-state index >= 15 is 0 Å². The second kappa shape index (κ2) is 8.61. The van der Waals surface area contributed by atoms with Gasteiger partial charge < -0.3 is 30.4 Å². The van der Waals surface area contributed by atoms with Crippen LogP contribution in [0.15, 0.2) is 35.5 Å². The van der Waals surface area contributed by atoms with Crippen molar-refractivity contribution < 1.29 is 28.7 Å². The number of carbonyl (C=O) groups excluding carboxylic acids is 1. The lowest BCUT2D eigenvalue weighted by molar-refractivity contribution is -0.0450. The van der Waals surface area contributed by atoms with Crippen LogP contribution in [0.1, 0.15) is 16.6 Å². The molecule has 1 fully saturated rings. The maximum absolute atomic E-state index is 13.1. The molecule has 0 bridgehead atoms. The van der Waals surface area contributed by atoms with E-state index in [0.717, 1.165) is 0 Å². The van der Waals surface area contributed by atoms with E-state index in [2.05, 4.69) is 35.9 Å². The number of aromatic hydroxyl groups is 1. The van der Waals surface area contributed by atoms with E-state index in [-0.39, 0.29) is 22.9 Å². The Bertz CT molecular complexity index is 1440. The smallest absolute Gasteiger partial charge is 0.340 e. The highest BCUT2D eigenvalue weighted by molar-refractivity contribution is 9.10. The Hall–Kier alpha value is -3.07. The quantitative estimate of drug-likeness (QED) is 0.264. The van der Waals surface area contributed by atoms with Crippen LogP contribution in [0.25, 0.3) is 22.1 Å². The van der Waals surface area contributed by atoms with Gasteiger partial charge in [0.15, 0.2) is 23.8 Å². The van der Waals surface area contributed by atoms with Gasteiger partial charge in [0.1, 0.15) is 29.8 Å². The number of imidazole rings is 1. The third-order valence-electron chi connectivity index (χ3n) is 5.59. The number of hydrogen-bond donors (Lipinski definition) is 4. The summed E-state index contributed by atoms with van der Waals surface area (Å²) >= 11 is 3.23. The van der Waals surface area contributed by atoms with Gasteiger partial charge in [0.2, 0.25) is 0 Å². The predicted octanol–water partition coefficient (Wildman–Crippen LogP) is 1.22. The van der Waals surface area contributed by atoms with E-state index < -0.39 is 41.3 Å². The van der Waals surface area contributed by atoms with E-state index in [9.17, 15) is 19.2 Å². The van der Waals surface area contributed by atoms with Crippen LogP contribution in [0.5, 0.6) is 5.75 Å². The number of H-pyrrole nitrogens is 1. The molecule has 1 aliphatic rings. The first-order chi connectivity index (χ1) is 16.2. The first-order valence-corrected chi connectivity index (χ1v) is 12.5. The number of nitrogens with zero attached hydrogens (tertiary/aromatic N) is 4. The molecule has 4 heterocycles. The lowest BCUT2D eigenvalue weighted by Gasteiger charge is -2.21. The second-order valence-corrected chi connectivity index (χ2v) is 10.1. The van der Waals surface area contributed by atoms with Gasteiger partial charge in [0.05, 0.1) is 22.1 Å². The number of anilines is 1. The average Bonchev–Trinajstić information content (AvgIpc) is 3.46. The van der Waals surface area contributed by atoms with Crippen molar-refractivity contribution in [3.63, 3.8) is 0 Å². The number of hydrogen-bond acceptors (Lipinski definition) is 10. The Kier molecular flexibility index (Phi) is 5.75. The van der Waals surface area contributed by atoms with Gasteiger partial charge in [-0.15, -0.1) is 0 Å². The highest BCUT2D eigenvalue weighted by atomic mass is 79.9. The molecule has 5 N–H and O–H groups in total. The SMILES string of the molecule is C[S@@](=O)C[C@H]1O[C@@H](n2cnc3c(N)ncnc32)[C@H](OC(=O)c2c[nH]c3cc(Br)c(O)cc23)[C@@H]1O. The first kappa shape index (κ1) is 22.7. The van der Waals surface area contributed by atoms with Gasteiger partial charge in [-0.25, -0.2) is 19.7 Å². The molecule has 14 heteroatoms. The molecule has 4 aromatic rings. The molecule has 1 aliphatic heterocycles. The van der Waals surface area contributed by atoms with E-state index in [1.54, 1.807) is 6.07 Å². The van der Waals surface area contributed by atoms with Crippen molar-refractivity contribution in [2.24, 2.45) is 0 Å². The van der Waals surface area contributed by atoms with Crippen molar-refractivity contribution >= 4 is 60.6 Å². The first-order valence-electron chi connectivity index (χ1n) is 10.0. The van der Waals surface area contributed by atoms with Gasteiger partial charge >= 0.3 is 5.97 Å². The monoisotopic (exact) mass is 550 g/mol. The number of ether oxygens (including phenoxy) is 2. The van der Waals surface area contributed by atoms with Gasteiger partial charge in [-0.3, -0.25) is 8.78 Å². The van der Waals surface area contributed by atoms with Crippen LogP contribution in [-0.2, 0) is 20.3 Å². The summed E-state index contributed by atoms with van der Waals surface area (Å²) in [5.41, 5.74) is 7.28. The van der Waals surface area contributed by atoms with Crippen LogP contribution in [0.2, 0.25) is 0 Å². The Morgan fingerprint density at radius 2 is 2.18 bits per heavy atom. The molecule has 0 unspecified atom stereocenters. The summed E-state index contributed by atoms with van der Waals surface area (Å²) in [6, 6.07) is 3.06. The van der Waals surface area contributed by atoms with Gasteiger partial charge in [-0.1, -0.05) is 0 Å². The summed E-state index contributed by atoms with van der Waals surface area (Å²) in [5, 5.41) is 21.4. The number of phenols is 1. The molecule has 12 nitrogen and oxygen atoms in total. The third-order valence-corrected chi connectivity index (χ3v) is 7.02. The molecule has 5 atom stereocenters. The van der Waals surface area contributed by atoms with Crippen LogP contribution < -0.4 is 5.73 Å². The summed E-state index contributed by atoms with van der Waals surface area (Å²) in [5.74, 6) is -0.602. The fraction of sp³-hybridized carbons (Fsp3) is 0.300. The Balaban J connectivity index is 1.51. The zero-order chi connectivity index (χ0) is 24.1. The van der Waals surface area contributed by atoms with E-state index in [4.69, 9.17) is 15.2 Å². The molecular weight excluding hydrogens is 532 g/mol. The van der Waals surface area contributed by atoms with Gasteiger partial charge in [0, 0.05) is 34.2 Å². The number of esters is 1. The second-order valence-electron chi connectivity index (χ2n) is 7.80. The number of halogens is 1. The van der Waals surface area contributed by atoms with Crippen molar-refractivity contribution in [3.05, 3.63) is 41.0 Å². The number of aromatic amines is 1. The molecule has 3 aromatic heterocycles. The van der Waals surface area contributed by atoms with Crippen molar-refractivity contribution in [2.45, 2.75) is 24.5 Å².